The highest BCUT2D eigenvalue weighted by Gasteiger charge is 2.07. The molecule has 0 aromatic carbocycles. The van der Waals surface area contributed by atoms with Crippen molar-refractivity contribution in [3.05, 3.63) is 29.6 Å². The van der Waals surface area contributed by atoms with E-state index in [0.29, 0.717) is 6.29 Å². The van der Waals surface area contributed by atoms with Gasteiger partial charge in [0.1, 0.15) is 0 Å². The summed E-state index contributed by atoms with van der Waals surface area (Å²) in [5.74, 6) is -1.14. The van der Waals surface area contributed by atoms with Gasteiger partial charge in [-0.3, -0.25) is 9.78 Å². The Morgan fingerprint density at radius 3 is 2.54 bits per heavy atom. The second-order valence-electron chi connectivity index (χ2n) is 1.89. The topological polar surface area (TPSA) is 67.3 Å². The number of aldehydes is 1. The molecular weight excluding hydrogens is 170 g/mol. The van der Waals surface area contributed by atoms with E-state index in [2.05, 4.69) is 4.98 Å². The summed E-state index contributed by atoms with van der Waals surface area (Å²) in [6, 6.07) is 1.36. The molecule has 0 aliphatic heterocycles. The Morgan fingerprint density at radius 2 is 2.15 bits per heavy atom. The fraction of sp³-hybridized carbons (Fsp3) is 0.222. The maximum absolute atomic E-state index is 10.4. The van der Waals surface area contributed by atoms with E-state index in [9.17, 15) is 9.59 Å². The Kier molecular flexibility index (Phi) is 5.11. The monoisotopic (exact) mass is 181 g/mol. The lowest BCUT2D eigenvalue weighted by Gasteiger charge is -1.94. The van der Waals surface area contributed by atoms with Crippen LogP contribution in [0.15, 0.2) is 18.5 Å². The average molecular weight is 181 g/mol. The molecule has 0 spiro atoms. The number of nitrogens with zero attached hydrogens (tertiary/aromatic N) is 1. The van der Waals surface area contributed by atoms with Crippen molar-refractivity contribution >= 4 is 12.3 Å². The SMILES string of the molecule is CC.O=Cc1ccncc1C(=O)O. The first-order valence-electron chi connectivity index (χ1n) is 3.88. The van der Waals surface area contributed by atoms with E-state index < -0.39 is 5.97 Å². The van der Waals surface area contributed by atoms with Crippen molar-refractivity contribution in [1.82, 2.24) is 4.98 Å². The minimum Gasteiger partial charge on any atom is -0.478 e. The van der Waals surface area contributed by atoms with Gasteiger partial charge in [-0.1, -0.05) is 13.8 Å². The quantitative estimate of drug-likeness (QED) is 0.704. The largest absolute Gasteiger partial charge is 0.478 e. The highest BCUT2D eigenvalue weighted by molar-refractivity contribution is 5.96. The van der Waals surface area contributed by atoms with Gasteiger partial charge in [0.2, 0.25) is 0 Å². The number of aromatic carboxylic acids is 1. The molecule has 1 aromatic heterocycles. The van der Waals surface area contributed by atoms with Crippen molar-refractivity contribution in [2.45, 2.75) is 13.8 Å². The Morgan fingerprint density at radius 1 is 1.54 bits per heavy atom. The Bertz CT molecular complexity index is 297. The molecule has 0 fully saturated rings. The number of carbonyl (C=O) groups excluding carboxylic acids is 1. The summed E-state index contributed by atoms with van der Waals surface area (Å²) in [6.45, 7) is 4.00. The zero-order valence-electron chi connectivity index (χ0n) is 7.52. The Hall–Kier alpha value is -1.71. The van der Waals surface area contributed by atoms with Crippen molar-refractivity contribution in [3.63, 3.8) is 0 Å². The Balaban J connectivity index is 0.000000671. The molecule has 0 aliphatic rings. The van der Waals surface area contributed by atoms with E-state index in [0.717, 1.165) is 6.20 Å². The van der Waals surface area contributed by atoms with Crippen molar-refractivity contribution < 1.29 is 14.7 Å². The summed E-state index contributed by atoms with van der Waals surface area (Å²) in [5.41, 5.74) is 0.0787. The molecule has 4 heteroatoms. The van der Waals surface area contributed by atoms with E-state index in [4.69, 9.17) is 5.11 Å². The molecule has 4 nitrogen and oxygen atoms in total. The van der Waals surface area contributed by atoms with E-state index in [1.807, 2.05) is 13.8 Å². The number of carboxylic acids is 1. The number of hydrogen-bond donors (Lipinski definition) is 1. The number of hydrogen-bond acceptors (Lipinski definition) is 3. The molecule has 0 amide bonds. The first kappa shape index (κ1) is 11.3. The van der Waals surface area contributed by atoms with Crippen LogP contribution in [0.2, 0.25) is 0 Å². The summed E-state index contributed by atoms with van der Waals surface area (Å²) in [7, 11) is 0. The van der Waals surface area contributed by atoms with Crippen LogP contribution < -0.4 is 0 Å². The first-order valence-corrected chi connectivity index (χ1v) is 3.88. The standard InChI is InChI=1S/C7H5NO3.C2H6/c9-4-5-1-2-8-3-6(5)7(10)11;1-2/h1-4H,(H,10,11);1-2H3. The van der Waals surface area contributed by atoms with Gasteiger partial charge in [-0.25, -0.2) is 4.79 Å². The lowest BCUT2D eigenvalue weighted by molar-refractivity contribution is 0.0693. The van der Waals surface area contributed by atoms with Gasteiger partial charge in [0.25, 0.3) is 0 Å². The molecule has 1 rings (SSSR count). The highest BCUT2D eigenvalue weighted by Crippen LogP contribution is 2.02. The van der Waals surface area contributed by atoms with Gasteiger partial charge in [0.15, 0.2) is 6.29 Å². The second-order valence-corrected chi connectivity index (χ2v) is 1.89. The predicted molar refractivity (Wildman–Crippen MR) is 47.9 cm³/mol. The van der Waals surface area contributed by atoms with Gasteiger partial charge < -0.3 is 5.11 Å². The van der Waals surface area contributed by atoms with Crippen molar-refractivity contribution in [2.75, 3.05) is 0 Å². The second kappa shape index (κ2) is 5.88. The summed E-state index contributed by atoms with van der Waals surface area (Å²) in [5, 5.41) is 8.50. The third kappa shape index (κ3) is 3.02. The summed E-state index contributed by atoms with van der Waals surface area (Å²) >= 11 is 0. The number of carbonyl (C=O) groups is 2. The summed E-state index contributed by atoms with van der Waals surface area (Å²) < 4.78 is 0. The van der Waals surface area contributed by atoms with Gasteiger partial charge in [-0.2, -0.15) is 0 Å². The molecule has 1 aromatic rings. The highest BCUT2D eigenvalue weighted by atomic mass is 16.4. The molecule has 0 saturated heterocycles. The zero-order valence-corrected chi connectivity index (χ0v) is 7.52. The molecule has 0 saturated carbocycles. The Labute approximate surface area is 76.2 Å². The van der Waals surface area contributed by atoms with Gasteiger partial charge >= 0.3 is 5.97 Å². The zero-order chi connectivity index (χ0) is 10.3. The molecule has 0 bridgehead atoms. The van der Waals surface area contributed by atoms with E-state index in [1.165, 1.54) is 12.3 Å². The minimum atomic E-state index is -1.14. The average Bonchev–Trinajstić information content (AvgIpc) is 2.20. The number of pyridine rings is 1. The predicted octanol–water partition coefficient (Wildman–Crippen LogP) is 1.62. The summed E-state index contributed by atoms with van der Waals surface area (Å²) in [4.78, 5) is 24.2. The van der Waals surface area contributed by atoms with E-state index >= 15 is 0 Å². The molecular formula is C9H11NO3. The van der Waals surface area contributed by atoms with E-state index in [1.54, 1.807) is 0 Å². The lowest BCUT2D eigenvalue weighted by Crippen LogP contribution is -2.01. The normalized spacial score (nSPS) is 8.15. The fourth-order valence-electron chi connectivity index (χ4n) is 0.687. The number of aromatic nitrogens is 1. The van der Waals surface area contributed by atoms with Crippen LogP contribution in [0, 0.1) is 0 Å². The molecule has 1 N–H and O–H groups in total. The molecule has 13 heavy (non-hydrogen) atoms. The maximum Gasteiger partial charge on any atom is 0.337 e. The van der Waals surface area contributed by atoms with Crippen LogP contribution in [0.3, 0.4) is 0 Å². The number of carboxylic acid groups (broad SMARTS) is 1. The van der Waals surface area contributed by atoms with Gasteiger partial charge in [-0.15, -0.1) is 0 Å². The summed E-state index contributed by atoms with van der Waals surface area (Å²) in [6.07, 6.45) is 3.01. The van der Waals surface area contributed by atoms with Gasteiger partial charge in [-0.05, 0) is 6.07 Å². The van der Waals surface area contributed by atoms with Crippen LogP contribution in [-0.4, -0.2) is 22.3 Å². The van der Waals surface area contributed by atoms with Crippen LogP contribution in [0.1, 0.15) is 34.6 Å². The lowest BCUT2D eigenvalue weighted by atomic mass is 10.2. The van der Waals surface area contributed by atoms with Gasteiger partial charge in [0, 0.05) is 18.0 Å². The third-order valence-electron chi connectivity index (χ3n) is 1.21. The van der Waals surface area contributed by atoms with Crippen molar-refractivity contribution in [3.8, 4) is 0 Å². The first-order chi connectivity index (χ1) is 6.25. The van der Waals surface area contributed by atoms with Crippen LogP contribution in [0.4, 0.5) is 0 Å². The molecule has 0 aliphatic carbocycles. The third-order valence-corrected chi connectivity index (χ3v) is 1.21. The van der Waals surface area contributed by atoms with Crippen molar-refractivity contribution in [1.29, 1.82) is 0 Å². The van der Waals surface area contributed by atoms with Crippen LogP contribution in [0.5, 0.6) is 0 Å². The van der Waals surface area contributed by atoms with E-state index in [-0.39, 0.29) is 11.1 Å². The molecule has 70 valence electrons. The molecule has 0 unspecified atom stereocenters. The van der Waals surface area contributed by atoms with Crippen LogP contribution in [-0.2, 0) is 0 Å². The fourth-order valence-corrected chi connectivity index (χ4v) is 0.687. The van der Waals surface area contributed by atoms with Crippen LogP contribution in [0.25, 0.3) is 0 Å². The molecule has 0 radical (unpaired) electrons. The number of rotatable bonds is 2. The maximum atomic E-state index is 10.4. The van der Waals surface area contributed by atoms with Crippen molar-refractivity contribution in [2.24, 2.45) is 0 Å². The smallest absolute Gasteiger partial charge is 0.337 e. The molecule has 1 heterocycles. The van der Waals surface area contributed by atoms with Crippen LogP contribution >= 0.6 is 0 Å². The van der Waals surface area contributed by atoms with Gasteiger partial charge in [0.05, 0.1) is 5.56 Å². The molecule has 0 atom stereocenters. The minimum absolute atomic E-state index is 0.0671.